The van der Waals surface area contributed by atoms with E-state index in [1.807, 2.05) is 6.92 Å². The molecule has 2 N–H and O–H groups in total. The van der Waals surface area contributed by atoms with Crippen LogP contribution in [0.25, 0.3) is 0 Å². The molecule has 0 aromatic heterocycles. The highest BCUT2D eigenvalue weighted by atomic mass is 16.5. The number of carbonyl (C=O) groups excluding carboxylic acids is 1. The van der Waals surface area contributed by atoms with Gasteiger partial charge in [-0.25, -0.2) is 0 Å². The minimum absolute atomic E-state index is 0.0909. The van der Waals surface area contributed by atoms with Crippen LogP contribution < -0.4 is 5.73 Å². The first-order valence-corrected chi connectivity index (χ1v) is 8.26. The lowest BCUT2D eigenvalue weighted by Crippen LogP contribution is -2.46. The van der Waals surface area contributed by atoms with Crippen LogP contribution in [-0.4, -0.2) is 36.6 Å². The topological polar surface area (TPSA) is 55.6 Å². The largest absolute Gasteiger partial charge is 0.466 e. The van der Waals surface area contributed by atoms with Crippen molar-refractivity contribution >= 4 is 5.97 Å². The summed E-state index contributed by atoms with van der Waals surface area (Å²) in [5.41, 5.74) is 8.83. The third kappa shape index (κ3) is 5.43. The zero-order chi connectivity index (χ0) is 15.9. The Bertz CT molecular complexity index is 490. The Balaban J connectivity index is 1.86. The van der Waals surface area contributed by atoms with E-state index in [9.17, 15) is 4.79 Å². The van der Waals surface area contributed by atoms with E-state index in [0.29, 0.717) is 18.9 Å². The van der Waals surface area contributed by atoms with E-state index in [2.05, 4.69) is 36.1 Å². The number of ether oxygens (including phenoxy) is 1. The van der Waals surface area contributed by atoms with E-state index < -0.39 is 0 Å². The van der Waals surface area contributed by atoms with Gasteiger partial charge in [0.05, 0.1) is 6.61 Å². The van der Waals surface area contributed by atoms with Crippen molar-refractivity contribution in [3.63, 3.8) is 0 Å². The zero-order valence-electron chi connectivity index (χ0n) is 13.8. The van der Waals surface area contributed by atoms with E-state index >= 15 is 0 Å². The second-order valence-corrected chi connectivity index (χ2v) is 6.39. The fourth-order valence-electron chi connectivity index (χ4n) is 3.31. The second kappa shape index (κ2) is 8.30. The summed E-state index contributed by atoms with van der Waals surface area (Å²) in [5.74, 6) is 0.393. The van der Waals surface area contributed by atoms with Gasteiger partial charge in [0.25, 0.3) is 0 Å². The normalized spacial score (nSPS) is 22.5. The molecule has 22 heavy (non-hydrogen) atoms. The van der Waals surface area contributed by atoms with Gasteiger partial charge in [-0.1, -0.05) is 29.8 Å². The first kappa shape index (κ1) is 17.0. The van der Waals surface area contributed by atoms with Crippen molar-refractivity contribution in [3.8, 4) is 0 Å². The highest BCUT2D eigenvalue weighted by molar-refractivity contribution is 5.69. The molecule has 0 amide bonds. The summed E-state index contributed by atoms with van der Waals surface area (Å²) >= 11 is 0. The Morgan fingerprint density at radius 3 is 2.95 bits per heavy atom. The Morgan fingerprint density at radius 1 is 1.41 bits per heavy atom. The van der Waals surface area contributed by atoms with E-state index in [-0.39, 0.29) is 12.0 Å². The number of hydrogen-bond donors (Lipinski definition) is 1. The van der Waals surface area contributed by atoms with Crippen LogP contribution in [-0.2, 0) is 16.1 Å². The predicted octanol–water partition coefficient (Wildman–Crippen LogP) is 2.49. The Labute approximate surface area is 133 Å². The summed E-state index contributed by atoms with van der Waals surface area (Å²) in [4.78, 5) is 13.9. The van der Waals surface area contributed by atoms with Crippen molar-refractivity contribution in [1.29, 1.82) is 0 Å². The highest BCUT2D eigenvalue weighted by Gasteiger charge is 2.25. The maximum atomic E-state index is 11.5. The number of rotatable bonds is 6. The molecule has 4 nitrogen and oxygen atoms in total. The molecule has 0 aliphatic carbocycles. The number of nitrogens with zero attached hydrogens (tertiary/aromatic N) is 1. The number of carbonyl (C=O) groups is 1. The summed E-state index contributed by atoms with van der Waals surface area (Å²) in [6.07, 6.45) is 2.38. The van der Waals surface area contributed by atoms with Gasteiger partial charge in [-0.3, -0.25) is 9.69 Å². The molecule has 0 saturated carbocycles. The van der Waals surface area contributed by atoms with Crippen LogP contribution in [0.15, 0.2) is 24.3 Å². The summed E-state index contributed by atoms with van der Waals surface area (Å²) in [6, 6.07) is 8.82. The van der Waals surface area contributed by atoms with Crippen molar-refractivity contribution in [2.24, 2.45) is 11.7 Å². The van der Waals surface area contributed by atoms with Gasteiger partial charge in [-0.05, 0) is 38.2 Å². The smallest absolute Gasteiger partial charge is 0.305 e. The average Bonchev–Trinajstić information content (AvgIpc) is 2.45. The molecule has 1 aliphatic rings. The molecule has 122 valence electrons. The van der Waals surface area contributed by atoms with Crippen LogP contribution in [0.3, 0.4) is 0 Å². The number of likely N-dealkylation sites (tertiary alicyclic amines) is 1. The van der Waals surface area contributed by atoms with Gasteiger partial charge in [-0.2, -0.15) is 0 Å². The van der Waals surface area contributed by atoms with Gasteiger partial charge in [0, 0.05) is 32.1 Å². The van der Waals surface area contributed by atoms with Crippen molar-refractivity contribution in [2.75, 3.05) is 19.7 Å². The van der Waals surface area contributed by atoms with E-state index in [1.165, 1.54) is 11.1 Å². The zero-order valence-corrected chi connectivity index (χ0v) is 13.8. The molecule has 2 rings (SSSR count). The molecule has 0 bridgehead atoms. The van der Waals surface area contributed by atoms with E-state index in [1.54, 1.807) is 0 Å². The molecule has 1 aliphatic heterocycles. The van der Waals surface area contributed by atoms with E-state index in [0.717, 1.165) is 32.5 Å². The number of nitrogens with two attached hydrogens (primary N) is 1. The first-order valence-electron chi connectivity index (χ1n) is 8.26. The number of benzene rings is 1. The van der Waals surface area contributed by atoms with Crippen molar-refractivity contribution < 1.29 is 9.53 Å². The Morgan fingerprint density at radius 2 is 2.23 bits per heavy atom. The summed E-state index contributed by atoms with van der Waals surface area (Å²) < 4.78 is 5.01. The summed E-state index contributed by atoms with van der Waals surface area (Å²) in [6.45, 7) is 7.31. The van der Waals surface area contributed by atoms with Gasteiger partial charge >= 0.3 is 5.97 Å². The highest BCUT2D eigenvalue weighted by Crippen LogP contribution is 2.22. The van der Waals surface area contributed by atoms with Crippen LogP contribution in [0.4, 0.5) is 0 Å². The van der Waals surface area contributed by atoms with Crippen LogP contribution in [0.2, 0.25) is 0 Å². The van der Waals surface area contributed by atoms with Gasteiger partial charge in [0.2, 0.25) is 0 Å². The predicted molar refractivity (Wildman–Crippen MR) is 88.4 cm³/mol. The minimum atomic E-state index is -0.0909. The molecule has 1 heterocycles. The van der Waals surface area contributed by atoms with Gasteiger partial charge in [0.1, 0.15) is 0 Å². The van der Waals surface area contributed by atoms with Crippen LogP contribution in [0, 0.1) is 12.8 Å². The molecule has 0 spiro atoms. The lowest BCUT2D eigenvalue weighted by molar-refractivity contribution is -0.143. The van der Waals surface area contributed by atoms with Crippen LogP contribution in [0.5, 0.6) is 0 Å². The SMILES string of the molecule is CCOC(=O)CCC1CC(N)CN(Cc2cccc(C)c2)C1. The fourth-order valence-corrected chi connectivity index (χ4v) is 3.31. The molecule has 1 fully saturated rings. The maximum Gasteiger partial charge on any atom is 0.305 e. The lowest BCUT2D eigenvalue weighted by atomic mass is 9.90. The lowest BCUT2D eigenvalue weighted by Gasteiger charge is -2.36. The third-order valence-electron chi connectivity index (χ3n) is 4.20. The number of aryl methyl sites for hydroxylation is 1. The maximum absolute atomic E-state index is 11.5. The van der Waals surface area contributed by atoms with Crippen molar-refractivity contribution in [1.82, 2.24) is 4.90 Å². The molecule has 4 heteroatoms. The molecule has 2 unspecified atom stereocenters. The Kier molecular flexibility index (Phi) is 6.40. The van der Waals surface area contributed by atoms with Crippen LogP contribution in [0.1, 0.15) is 37.3 Å². The summed E-state index contributed by atoms with van der Waals surface area (Å²) in [7, 11) is 0. The number of esters is 1. The minimum Gasteiger partial charge on any atom is -0.466 e. The van der Waals surface area contributed by atoms with Gasteiger partial charge in [0.15, 0.2) is 0 Å². The molecule has 1 saturated heterocycles. The van der Waals surface area contributed by atoms with E-state index in [4.69, 9.17) is 10.5 Å². The molecular formula is C18H28N2O2. The standard InChI is InChI=1S/C18H28N2O2/c1-3-22-18(21)8-7-16-10-17(19)13-20(12-16)11-15-6-4-5-14(2)9-15/h4-6,9,16-17H,3,7-8,10-13,19H2,1-2H3. The molecule has 1 aromatic carbocycles. The third-order valence-corrected chi connectivity index (χ3v) is 4.20. The molecular weight excluding hydrogens is 276 g/mol. The monoisotopic (exact) mass is 304 g/mol. The second-order valence-electron chi connectivity index (χ2n) is 6.39. The van der Waals surface area contributed by atoms with Crippen LogP contribution >= 0.6 is 0 Å². The average molecular weight is 304 g/mol. The quantitative estimate of drug-likeness (QED) is 0.820. The molecule has 2 atom stereocenters. The molecule has 0 radical (unpaired) electrons. The fraction of sp³-hybridized carbons (Fsp3) is 0.611. The number of piperidine rings is 1. The van der Waals surface area contributed by atoms with Gasteiger partial charge < -0.3 is 10.5 Å². The Hall–Kier alpha value is -1.39. The van der Waals surface area contributed by atoms with Crippen molar-refractivity contribution in [2.45, 2.75) is 45.7 Å². The molecule has 1 aromatic rings. The number of hydrogen-bond acceptors (Lipinski definition) is 4. The van der Waals surface area contributed by atoms with Gasteiger partial charge in [-0.15, -0.1) is 0 Å². The van der Waals surface area contributed by atoms with Crippen molar-refractivity contribution in [3.05, 3.63) is 35.4 Å². The first-order chi connectivity index (χ1) is 10.6. The summed E-state index contributed by atoms with van der Waals surface area (Å²) in [5, 5.41) is 0.